The van der Waals surface area contributed by atoms with E-state index in [-0.39, 0.29) is 0 Å². The summed E-state index contributed by atoms with van der Waals surface area (Å²) in [5, 5.41) is 7.70. The Hall–Kier alpha value is -6.49. The predicted octanol–water partition coefficient (Wildman–Crippen LogP) is 11.3. The molecular formula is C49H35N3Si. The highest BCUT2D eigenvalue weighted by Gasteiger charge is 2.40. The number of hydrogen-bond acceptors (Lipinski definition) is 3. The summed E-state index contributed by atoms with van der Waals surface area (Å²) in [7, 11) is -2.00. The van der Waals surface area contributed by atoms with Crippen molar-refractivity contribution >= 4 is 40.0 Å². The van der Waals surface area contributed by atoms with E-state index in [4.69, 9.17) is 15.0 Å². The van der Waals surface area contributed by atoms with Gasteiger partial charge in [0, 0.05) is 16.7 Å². The van der Waals surface area contributed by atoms with E-state index >= 15 is 0 Å². The van der Waals surface area contributed by atoms with Crippen LogP contribution in [0.3, 0.4) is 0 Å². The molecule has 0 bridgehead atoms. The smallest absolute Gasteiger partial charge is 0.164 e. The van der Waals surface area contributed by atoms with Crippen LogP contribution >= 0.6 is 0 Å². The molecule has 10 rings (SSSR count). The van der Waals surface area contributed by atoms with Crippen LogP contribution in [0.4, 0.5) is 0 Å². The van der Waals surface area contributed by atoms with Gasteiger partial charge in [-0.1, -0.05) is 183 Å². The van der Waals surface area contributed by atoms with Gasteiger partial charge in [0.25, 0.3) is 0 Å². The van der Waals surface area contributed by atoms with Crippen molar-refractivity contribution in [2.75, 3.05) is 0 Å². The van der Waals surface area contributed by atoms with E-state index in [0.29, 0.717) is 17.5 Å². The number of rotatable bonds is 5. The first-order valence-electron chi connectivity index (χ1n) is 18.2. The van der Waals surface area contributed by atoms with Gasteiger partial charge in [0.2, 0.25) is 0 Å². The molecular weight excluding hydrogens is 659 g/mol. The van der Waals surface area contributed by atoms with Crippen LogP contribution in [0.2, 0.25) is 13.1 Å². The van der Waals surface area contributed by atoms with E-state index in [9.17, 15) is 0 Å². The van der Waals surface area contributed by atoms with Crippen molar-refractivity contribution in [2.45, 2.75) is 13.1 Å². The summed E-state index contributed by atoms with van der Waals surface area (Å²) < 4.78 is 0. The summed E-state index contributed by atoms with van der Waals surface area (Å²) in [6.07, 6.45) is 0. The lowest BCUT2D eigenvalue weighted by molar-refractivity contribution is 1.08. The van der Waals surface area contributed by atoms with Gasteiger partial charge in [0.05, 0.1) is 0 Å². The Morgan fingerprint density at radius 1 is 0.321 bits per heavy atom. The first-order chi connectivity index (χ1) is 26.0. The second-order valence-corrected chi connectivity index (χ2v) is 18.7. The minimum Gasteiger partial charge on any atom is -0.208 e. The quantitative estimate of drug-likeness (QED) is 0.168. The maximum atomic E-state index is 5.39. The van der Waals surface area contributed by atoms with Crippen molar-refractivity contribution < 1.29 is 0 Å². The van der Waals surface area contributed by atoms with Crippen LogP contribution in [0.25, 0.3) is 89.1 Å². The Bertz CT molecular complexity index is 2850. The van der Waals surface area contributed by atoms with Crippen LogP contribution in [0, 0.1) is 0 Å². The Morgan fingerprint density at radius 2 is 0.849 bits per heavy atom. The molecule has 0 atom stereocenters. The van der Waals surface area contributed by atoms with Crippen LogP contribution in [0.5, 0.6) is 0 Å². The number of aromatic nitrogens is 3. The Balaban J connectivity index is 1.22. The molecule has 0 aliphatic carbocycles. The zero-order valence-electron chi connectivity index (χ0n) is 29.6. The van der Waals surface area contributed by atoms with Gasteiger partial charge >= 0.3 is 0 Å². The number of nitrogens with zero attached hydrogens (tertiary/aromatic N) is 3. The van der Waals surface area contributed by atoms with E-state index in [1.165, 1.54) is 54.3 Å². The highest BCUT2D eigenvalue weighted by molar-refractivity contribution is 7.04. The van der Waals surface area contributed by atoms with Gasteiger partial charge in [-0.25, -0.2) is 15.0 Å². The fraction of sp³-hybridized carbons (Fsp3) is 0.0408. The Kier molecular flexibility index (Phi) is 7.27. The predicted molar refractivity (Wildman–Crippen MR) is 224 cm³/mol. The molecule has 0 radical (unpaired) electrons. The van der Waals surface area contributed by atoms with Crippen LogP contribution in [0.1, 0.15) is 0 Å². The van der Waals surface area contributed by atoms with Crippen LogP contribution in [0.15, 0.2) is 176 Å². The fourth-order valence-electron chi connectivity index (χ4n) is 8.29. The molecule has 0 N–H and O–H groups in total. The molecule has 1 aliphatic heterocycles. The second kappa shape index (κ2) is 12.3. The first-order valence-corrected chi connectivity index (χ1v) is 21.2. The van der Waals surface area contributed by atoms with Crippen molar-refractivity contribution in [3.63, 3.8) is 0 Å². The van der Waals surface area contributed by atoms with Crippen LogP contribution in [-0.4, -0.2) is 23.0 Å². The molecule has 0 saturated carbocycles. The fourth-order valence-corrected chi connectivity index (χ4v) is 11.4. The standard InChI is InChI=1S/C49H35N3Si/c1-53(2)43-23-13-22-42(46(43)45-38-19-10-9-18-35(38)28-31-44(45)53)49-51-47(36-26-24-33(25-27-36)32-14-5-3-6-15-32)50-48(52-49)41-30-29-37(34-16-7-4-8-17-34)39-20-11-12-21-40(39)41/h3-31H,1-2H3. The molecule has 1 aliphatic rings. The van der Waals surface area contributed by atoms with Gasteiger partial charge < -0.3 is 0 Å². The minimum absolute atomic E-state index is 0.658. The highest BCUT2D eigenvalue weighted by atomic mass is 28.3. The van der Waals surface area contributed by atoms with E-state index in [1.54, 1.807) is 0 Å². The van der Waals surface area contributed by atoms with Crippen molar-refractivity contribution in [1.82, 2.24) is 15.0 Å². The average molecular weight is 694 g/mol. The largest absolute Gasteiger partial charge is 0.208 e. The molecule has 0 saturated heterocycles. The van der Waals surface area contributed by atoms with Crippen molar-refractivity contribution in [2.24, 2.45) is 0 Å². The summed E-state index contributed by atoms with van der Waals surface area (Å²) in [4.78, 5) is 16.0. The summed E-state index contributed by atoms with van der Waals surface area (Å²) in [6.45, 7) is 4.93. The van der Waals surface area contributed by atoms with Crippen LogP contribution in [-0.2, 0) is 0 Å². The third-order valence-corrected chi connectivity index (χ3v) is 14.5. The van der Waals surface area contributed by atoms with E-state index in [2.05, 4.69) is 183 Å². The summed E-state index contributed by atoms with van der Waals surface area (Å²) >= 11 is 0. The molecule has 0 spiro atoms. The topological polar surface area (TPSA) is 38.7 Å². The van der Waals surface area contributed by atoms with Gasteiger partial charge in [-0.3, -0.25) is 0 Å². The SMILES string of the molecule is C[Si]1(C)c2cccc(-c3nc(-c4ccc(-c5ccccc5)cc4)nc(-c4ccc(-c5ccccc5)c5ccccc45)n3)c2-c2c1ccc1ccccc21. The Morgan fingerprint density at radius 3 is 1.58 bits per heavy atom. The van der Waals surface area contributed by atoms with Gasteiger partial charge in [-0.15, -0.1) is 0 Å². The molecule has 53 heavy (non-hydrogen) atoms. The molecule has 0 fully saturated rings. The Labute approximate surface area is 310 Å². The first kappa shape index (κ1) is 31.3. The molecule has 4 heteroatoms. The molecule has 9 aromatic rings. The van der Waals surface area contributed by atoms with Crippen LogP contribution < -0.4 is 10.4 Å². The summed E-state index contributed by atoms with van der Waals surface area (Å²) in [6, 6.07) is 62.8. The van der Waals surface area contributed by atoms with E-state index in [0.717, 1.165) is 27.6 Å². The molecule has 0 amide bonds. The van der Waals surface area contributed by atoms with Crippen molar-refractivity contribution in [1.29, 1.82) is 0 Å². The van der Waals surface area contributed by atoms with E-state index < -0.39 is 8.07 Å². The van der Waals surface area contributed by atoms with Gasteiger partial charge in [-0.2, -0.15) is 0 Å². The maximum absolute atomic E-state index is 5.39. The lowest BCUT2D eigenvalue weighted by atomic mass is 9.94. The number of benzene rings is 8. The zero-order chi connectivity index (χ0) is 35.5. The normalized spacial score (nSPS) is 12.9. The van der Waals surface area contributed by atoms with Gasteiger partial charge in [0.1, 0.15) is 8.07 Å². The molecule has 0 unspecified atom stereocenters. The molecule has 3 nitrogen and oxygen atoms in total. The lowest BCUT2D eigenvalue weighted by Crippen LogP contribution is -2.49. The zero-order valence-corrected chi connectivity index (χ0v) is 30.6. The van der Waals surface area contributed by atoms with Crippen molar-refractivity contribution in [3.05, 3.63) is 176 Å². The minimum atomic E-state index is -2.00. The lowest BCUT2D eigenvalue weighted by Gasteiger charge is -2.19. The number of hydrogen-bond donors (Lipinski definition) is 0. The highest BCUT2D eigenvalue weighted by Crippen LogP contribution is 2.41. The average Bonchev–Trinajstić information content (AvgIpc) is 3.47. The molecule has 250 valence electrons. The third kappa shape index (κ3) is 5.14. The van der Waals surface area contributed by atoms with Gasteiger partial charge in [-0.05, 0) is 71.4 Å². The van der Waals surface area contributed by atoms with E-state index in [1.807, 2.05) is 6.07 Å². The third-order valence-electron chi connectivity index (χ3n) is 11.0. The number of fused-ring (bicyclic) bond motifs is 6. The van der Waals surface area contributed by atoms with Crippen molar-refractivity contribution in [3.8, 4) is 67.5 Å². The molecule has 8 aromatic carbocycles. The molecule has 1 aromatic heterocycles. The molecule has 2 heterocycles. The maximum Gasteiger partial charge on any atom is 0.164 e. The second-order valence-electron chi connectivity index (χ2n) is 14.4. The summed E-state index contributed by atoms with van der Waals surface area (Å²) in [5.41, 5.74) is 10.3. The summed E-state index contributed by atoms with van der Waals surface area (Å²) in [5.74, 6) is 2.01. The van der Waals surface area contributed by atoms with Gasteiger partial charge in [0.15, 0.2) is 17.5 Å². The monoisotopic (exact) mass is 693 g/mol.